The van der Waals surface area contributed by atoms with E-state index in [1.54, 1.807) is 34.1 Å². The minimum absolute atomic E-state index is 0.0333. The van der Waals surface area contributed by atoms with Crippen molar-refractivity contribution in [2.75, 3.05) is 18.4 Å². The largest absolute Gasteiger partial charge is 0.573 e. The number of hydrogen-bond acceptors (Lipinski definition) is 4. The minimum atomic E-state index is -4.80. The molecule has 0 spiro atoms. The molecule has 2 fully saturated rings. The zero-order valence-corrected chi connectivity index (χ0v) is 24.8. The molecular formula is C32H40F3N3O5. The molecule has 2 aromatic carbocycles. The normalized spacial score (nSPS) is 21.2. The number of carbonyl (C=O) groups excluding carboxylic acids is 2. The van der Waals surface area contributed by atoms with Crippen molar-refractivity contribution in [3.05, 3.63) is 59.7 Å². The number of ether oxygens (including phenoxy) is 1. The first kappa shape index (κ1) is 32.2. The predicted octanol–water partition coefficient (Wildman–Crippen LogP) is 7.16. The van der Waals surface area contributed by atoms with Gasteiger partial charge in [-0.2, -0.15) is 0 Å². The fourth-order valence-corrected chi connectivity index (χ4v) is 6.05. The topological polar surface area (TPSA) is 99.2 Å². The average Bonchev–Trinajstić information content (AvgIpc) is 2.96. The molecule has 1 saturated carbocycles. The van der Waals surface area contributed by atoms with Crippen LogP contribution in [0.15, 0.2) is 48.5 Å². The molecule has 0 aromatic heterocycles. The van der Waals surface area contributed by atoms with Gasteiger partial charge in [0.15, 0.2) is 0 Å². The third-order valence-corrected chi connectivity index (χ3v) is 8.57. The van der Waals surface area contributed by atoms with Crippen LogP contribution in [0.2, 0.25) is 0 Å². The molecule has 1 aliphatic heterocycles. The summed E-state index contributed by atoms with van der Waals surface area (Å²) < 4.78 is 41.5. The van der Waals surface area contributed by atoms with Crippen LogP contribution in [0.25, 0.3) is 0 Å². The van der Waals surface area contributed by atoms with Gasteiger partial charge in [0, 0.05) is 36.9 Å². The van der Waals surface area contributed by atoms with E-state index in [-0.39, 0.29) is 42.2 Å². The fourth-order valence-electron chi connectivity index (χ4n) is 6.05. The Bertz CT molecular complexity index is 1270. The molecule has 234 valence electrons. The number of anilines is 1. The smallest absolute Gasteiger partial charge is 0.481 e. The second-order valence-electron chi connectivity index (χ2n) is 12.6. The number of alkyl halides is 3. The van der Waals surface area contributed by atoms with Crippen LogP contribution >= 0.6 is 0 Å². The third kappa shape index (κ3) is 8.87. The highest BCUT2D eigenvalue weighted by molar-refractivity contribution is 5.94. The number of urea groups is 1. The van der Waals surface area contributed by atoms with Gasteiger partial charge in [0.1, 0.15) is 5.75 Å². The average molecular weight is 604 g/mol. The lowest BCUT2D eigenvalue weighted by atomic mass is 9.71. The second-order valence-corrected chi connectivity index (χ2v) is 12.6. The molecule has 4 rings (SSSR count). The fraction of sp³-hybridized carbons (Fsp3) is 0.531. The van der Waals surface area contributed by atoms with Crippen LogP contribution in [0.3, 0.4) is 0 Å². The molecule has 1 saturated heterocycles. The molecule has 43 heavy (non-hydrogen) atoms. The first-order chi connectivity index (χ1) is 20.2. The molecule has 1 heterocycles. The van der Waals surface area contributed by atoms with Gasteiger partial charge >= 0.3 is 18.4 Å². The number of nitrogens with one attached hydrogen (secondary N) is 1. The van der Waals surface area contributed by atoms with E-state index in [9.17, 15) is 32.7 Å². The molecular weight excluding hydrogens is 563 g/mol. The summed E-state index contributed by atoms with van der Waals surface area (Å²) in [6, 6.07) is 11.6. The Morgan fingerprint density at radius 2 is 1.58 bits per heavy atom. The summed E-state index contributed by atoms with van der Waals surface area (Å²) in [5.41, 5.74) is 1.78. The number of piperidine rings is 1. The molecule has 3 amide bonds. The van der Waals surface area contributed by atoms with Crippen molar-refractivity contribution in [3.8, 4) is 5.75 Å². The van der Waals surface area contributed by atoms with Crippen LogP contribution < -0.4 is 10.1 Å². The number of carboxylic acid groups (broad SMARTS) is 1. The summed E-state index contributed by atoms with van der Waals surface area (Å²) in [6.07, 6.45) is -0.0140. The highest BCUT2D eigenvalue weighted by Gasteiger charge is 2.34. The van der Waals surface area contributed by atoms with Gasteiger partial charge in [-0.05, 0) is 91.8 Å². The van der Waals surface area contributed by atoms with Gasteiger partial charge in [-0.3, -0.25) is 9.59 Å². The zero-order valence-electron chi connectivity index (χ0n) is 24.8. The van der Waals surface area contributed by atoms with Crippen molar-refractivity contribution < 1.29 is 37.4 Å². The molecule has 0 bridgehead atoms. The molecule has 1 aliphatic carbocycles. The highest BCUT2D eigenvalue weighted by Crippen LogP contribution is 2.39. The van der Waals surface area contributed by atoms with Crippen molar-refractivity contribution in [1.82, 2.24) is 9.80 Å². The van der Waals surface area contributed by atoms with E-state index in [0.717, 1.165) is 43.4 Å². The molecule has 0 radical (unpaired) electrons. The second kappa shape index (κ2) is 13.3. The summed E-state index contributed by atoms with van der Waals surface area (Å²) in [5, 5.41) is 12.2. The van der Waals surface area contributed by atoms with Gasteiger partial charge in [-0.15, -0.1) is 13.2 Å². The maximum Gasteiger partial charge on any atom is 0.573 e. The number of likely N-dealkylation sites (tertiary alicyclic amines) is 1. The highest BCUT2D eigenvalue weighted by atomic mass is 19.4. The lowest BCUT2D eigenvalue weighted by molar-refractivity contribution is -0.274. The van der Waals surface area contributed by atoms with E-state index < -0.39 is 18.2 Å². The van der Waals surface area contributed by atoms with Gasteiger partial charge in [0.25, 0.3) is 5.91 Å². The maximum absolute atomic E-state index is 13.6. The first-order valence-electron chi connectivity index (χ1n) is 14.7. The number of amides is 3. The summed E-state index contributed by atoms with van der Waals surface area (Å²) in [4.78, 5) is 41.4. The van der Waals surface area contributed by atoms with E-state index in [0.29, 0.717) is 36.6 Å². The van der Waals surface area contributed by atoms with Crippen LogP contribution in [-0.4, -0.2) is 58.3 Å². The number of rotatable bonds is 7. The molecule has 2 aliphatic rings. The van der Waals surface area contributed by atoms with E-state index in [4.69, 9.17) is 0 Å². The molecule has 1 atom stereocenters. The van der Waals surface area contributed by atoms with E-state index in [1.807, 2.05) is 0 Å². The standard InChI is InChI=1S/C32H40F3N3O5/c1-31(2,3)24-10-14-26(15-11-24)38(30(42)36-25-12-16-27(17-13-25)43-32(33,34)35)19-21-6-8-22(9-7-21)28(39)37-18-4-5-23(20-37)29(40)41/h6-9,12-13,16-17,23-24,26H,4-5,10-11,14-15,18-20H2,1-3H3,(H,36,42)(H,40,41). The summed E-state index contributed by atoms with van der Waals surface area (Å²) in [7, 11) is 0. The lowest BCUT2D eigenvalue weighted by Crippen LogP contribution is -2.45. The summed E-state index contributed by atoms with van der Waals surface area (Å²) in [5.74, 6) is -1.51. The Hall–Kier alpha value is -3.76. The zero-order chi connectivity index (χ0) is 31.4. The minimum Gasteiger partial charge on any atom is -0.481 e. The third-order valence-electron chi connectivity index (χ3n) is 8.57. The van der Waals surface area contributed by atoms with Gasteiger partial charge in [0.2, 0.25) is 0 Å². The quantitative estimate of drug-likeness (QED) is 0.350. The Morgan fingerprint density at radius 3 is 2.14 bits per heavy atom. The van der Waals surface area contributed by atoms with Crippen molar-refractivity contribution in [2.45, 2.75) is 78.2 Å². The van der Waals surface area contributed by atoms with Crippen LogP contribution in [0.5, 0.6) is 5.75 Å². The van der Waals surface area contributed by atoms with Crippen LogP contribution in [0.1, 0.15) is 75.2 Å². The van der Waals surface area contributed by atoms with Gasteiger partial charge in [-0.25, -0.2) is 4.79 Å². The van der Waals surface area contributed by atoms with Gasteiger partial charge < -0.3 is 25.0 Å². The lowest BCUT2D eigenvalue weighted by Gasteiger charge is -2.41. The SMILES string of the molecule is CC(C)(C)C1CCC(N(Cc2ccc(C(=O)N3CCCC(C(=O)O)C3)cc2)C(=O)Nc2ccc(OC(F)(F)F)cc2)CC1. The molecule has 2 aromatic rings. The number of benzene rings is 2. The number of halogens is 3. The number of nitrogens with zero attached hydrogens (tertiary/aromatic N) is 2. The van der Waals surface area contributed by atoms with Crippen LogP contribution in [0.4, 0.5) is 23.7 Å². The molecule has 8 nitrogen and oxygen atoms in total. The predicted molar refractivity (Wildman–Crippen MR) is 156 cm³/mol. The van der Waals surface area contributed by atoms with Crippen molar-refractivity contribution in [2.24, 2.45) is 17.3 Å². The monoisotopic (exact) mass is 603 g/mol. The van der Waals surface area contributed by atoms with Crippen molar-refractivity contribution in [3.63, 3.8) is 0 Å². The Kier molecular flexibility index (Phi) is 9.92. The maximum atomic E-state index is 13.6. The summed E-state index contributed by atoms with van der Waals surface area (Å²) >= 11 is 0. The van der Waals surface area contributed by atoms with Crippen LogP contribution in [-0.2, 0) is 11.3 Å². The van der Waals surface area contributed by atoms with Crippen molar-refractivity contribution >= 4 is 23.6 Å². The number of carboxylic acids is 1. The number of aliphatic carboxylic acids is 1. The van der Waals surface area contributed by atoms with Crippen LogP contribution in [0, 0.1) is 17.3 Å². The number of carbonyl (C=O) groups is 3. The van der Waals surface area contributed by atoms with E-state index in [2.05, 4.69) is 30.8 Å². The molecule has 2 N–H and O–H groups in total. The Balaban J connectivity index is 1.47. The number of hydrogen-bond donors (Lipinski definition) is 2. The first-order valence-corrected chi connectivity index (χ1v) is 14.7. The van der Waals surface area contributed by atoms with Crippen molar-refractivity contribution in [1.29, 1.82) is 0 Å². The van der Waals surface area contributed by atoms with Gasteiger partial charge in [0.05, 0.1) is 5.92 Å². The van der Waals surface area contributed by atoms with Gasteiger partial charge in [-0.1, -0.05) is 32.9 Å². The Labute approximate surface area is 250 Å². The molecule has 11 heteroatoms. The Morgan fingerprint density at radius 1 is 0.953 bits per heavy atom. The summed E-state index contributed by atoms with van der Waals surface area (Å²) in [6.45, 7) is 7.66. The molecule has 1 unspecified atom stereocenters. The van der Waals surface area contributed by atoms with E-state index in [1.165, 1.54) is 12.1 Å². The van der Waals surface area contributed by atoms with E-state index >= 15 is 0 Å².